The average Bonchev–Trinajstić information content (AvgIpc) is 2.21. The van der Waals surface area contributed by atoms with Crippen molar-refractivity contribution in [2.75, 3.05) is 0 Å². The van der Waals surface area contributed by atoms with Gasteiger partial charge in [0.25, 0.3) is 0 Å². The highest BCUT2D eigenvalue weighted by Gasteiger charge is 2.20. The molecule has 0 aromatic heterocycles. The molecule has 1 aliphatic rings. The monoisotopic (exact) mass is 177 g/mol. The number of unbranched alkanes of at least 4 members (excludes halogenated alkanes) is 1. The minimum absolute atomic E-state index is 0.310. The maximum Gasteiger partial charge on any atom is 0.0658 e. The van der Waals surface area contributed by atoms with Gasteiger partial charge in [0.15, 0.2) is 0 Å². The van der Waals surface area contributed by atoms with Gasteiger partial charge in [0.05, 0.1) is 6.07 Å². The fraction of sp³-hybridized carbons (Fsp3) is 0.750. The first-order valence-corrected chi connectivity index (χ1v) is 5.43. The van der Waals surface area contributed by atoms with Crippen LogP contribution in [0.5, 0.6) is 0 Å². The molecule has 1 aliphatic carbocycles. The highest BCUT2D eigenvalue weighted by molar-refractivity contribution is 4.97. The van der Waals surface area contributed by atoms with Crippen molar-refractivity contribution in [1.29, 1.82) is 5.26 Å². The van der Waals surface area contributed by atoms with Gasteiger partial charge in [0.1, 0.15) is 0 Å². The van der Waals surface area contributed by atoms with E-state index in [9.17, 15) is 0 Å². The van der Waals surface area contributed by atoms with Gasteiger partial charge in [-0.15, -0.1) is 0 Å². The van der Waals surface area contributed by atoms with Gasteiger partial charge in [-0.3, -0.25) is 0 Å². The van der Waals surface area contributed by atoms with E-state index in [0.29, 0.717) is 11.8 Å². The summed E-state index contributed by atoms with van der Waals surface area (Å²) in [6.07, 6.45) is 11.5. The molecule has 0 fully saturated rings. The zero-order chi connectivity index (χ0) is 9.52. The lowest BCUT2D eigenvalue weighted by atomic mass is 9.81. The smallest absolute Gasteiger partial charge is 0.0658 e. The molecule has 2 atom stereocenters. The quantitative estimate of drug-likeness (QED) is 0.601. The third kappa shape index (κ3) is 3.22. The first kappa shape index (κ1) is 10.3. The summed E-state index contributed by atoms with van der Waals surface area (Å²) in [4.78, 5) is 0. The maximum atomic E-state index is 9.03. The Morgan fingerprint density at radius 1 is 1.54 bits per heavy atom. The first-order valence-electron chi connectivity index (χ1n) is 5.43. The number of hydrogen-bond acceptors (Lipinski definition) is 1. The summed E-state index contributed by atoms with van der Waals surface area (Å²) in [7, 11) is 0. The molecule has 1 heteroatoms. The van der Waals surface area contributed by atoms with E-state index in [4.69, 9.17) is 5.26 Å². The van der Waals surface area contributed by atoms with Crippen LogP contribution in [-0.4, -0.2) is 0 Å². The molecule has 1 rings (SSSR count). The van der Waals surface area contributed by atoms with Crippen LogP contribution in [0.15, 0.2) is 12.2 Å². The van der Waals surface area contributed by atoms with Crippen molar-refractivity contribution in [3.63, 3.8) is 0 Å². The molecule has 0 aromatic rings. The topological polar surface area (TPSA) is 23.8 Å². The predicted octanol–water partition coefficient (Wildman–Crippen LogP) is 3.67. The number of hydrogen-bond donors (Lipinski definition) is 0. The average molecular weight is 177 g/mol. The van der Waals surface area contributed by atoms with Crippen LogP contribution in [0.4, 0.5) is 0 Å². The fourth-order valence-corrected chi connectivity index (χ4v) is 2.01. The van der Waals surface area contributed by atoms with Crippen molar-refractivity contribution < 1.29 is 0 Å². The van der Waals surface area contributed by atoms with E-state index >= 15 is 0 Å². The molecule has 0 saturated heterocycles. The summed E-state index contributed by atoms with van der Waals surface area (Å²) in [6, 6.07) is 2.47. The molecule has 0 bridgehead atoms. The molecule has 1 nitrogen and oxygen atoms in total. The van der Waals surface area contributed by atoms with Gasteiger partial charge in [-0.25, -0.2) is 0 Å². The highest BCUT2D eigenvalue weighted by Crippen LogP contribution is 2.28. The highest BCUT2D eigenvalue weighted by atomic mass is 14.3. The summed E-state index contributed by atoms with van der Waals surface area (Å²) in [5.41, 5.74) is 0. The van der Waals surface area contributed by atoms with Gasteiger partial charge in [-0.05, 0) is 31.6 Å². The largest absolute Gasteiger partial charge is 0.198 e. The molecule has 0 spiro atoms. The molecule has 0 aromatic carbocycles. The second-order valence-corrected chi connectivity index (χ2v) is 3.92. The summed E-state index contributed by atoms with van der Waals surface area (Å²) >= 11 is 0. The molecule has 0 radical (unpaired) electrons. The van der Waals surface area contributed by atoms with Crippen LogP contribution in [0.25, 0.3) is 0 Å². The molecule has 0 heterocycles. The Balaban J connectivity index is 2.37. The Hall–Kier alpha value is -0.770. The molecule has 0 aliphatic heterocycles. The summed E-state index contributed by atoms with van der Waals surface area (Å²) in [5.74, 6) is 0.950. The molecular formula is C12H19N. The zero-order valence-electron chi connectivity index (χ0n) is 8.50. The lowest BCUT2D eigenvalue weighted by Gasteiger charge is -2.22. The second-order valence-electron chi connectivity index (χ2n) is 3.92. The van der Waals surface area contributed by atoms with Gasteiger partial charge >= 0.3 is 0 Å². The second kappa shape index (κ2) is 5.80. The molecule has 0 saturated carbocycles. The number of nitrogens with zero attached hydrogens (tertiary/aromatic N) is 1. The number of rotatable bonds is 4. The van der Waals surface area contributed by atoms with Crippen LogP contribution in [0.2, 0.25) is 0 Å². The van der Waals surface area contributed by atoms with Gasteiger partial charge in [0.2, 0.25) is 0 Å². The van der Waals surface area contributed by atoms with Crippen LogP contribution < -0.4 is 0 Å². The lowest BCUT2D eigenvalue weighted by molar-refractivity contribution is 0.347. The molecular weight excluding hydrogens is 158 g/mol. The molecule has 2 unspecified atom stereocenters. The van der Waals surface area contributed by atoms with Crippen molar-refractivity contribution in [3.8, 4) is 6.07 Å². The number of allylic oxidation sites excluding steroid dienone is 2. The van der Waals surface area contributed by atoms with Crippen molar-refractivity contribution >= 4 is 0 Å². The van der Waals surface area contributed by atoms with Crippen molar-refractivity contribution in [3.05, 3.63) is 12.2 Å². The van der Waals surface area contributed by atoms with E-state index in [0.717, 1.165) is 12.8 Å². The van der Waals surface area contributed by atoms with Crippen LogP contribution in [0.1, 0.15) is 45.4 Å². The van der Waals surface area contributed by atoms with Crippen molar-refractivity contribution in [1.82, 2.24) is 0 Å². The van der Waals surface area contributed by atoms with Gasteiger partial charge in [-0.1, -0.05) is 31.9 Å². The maximum absolute atomic E-state index is 9.03. The molecule has 0 N–H and O–H groups in total. The van der Waals surface area contributed by atoms with E-state index in [1.54, 1.807) is 0 Å². The Morgan fingerprint density at radius 3 is 2.92 bits per heavy atom. The SMILES string of the molecule is CCCCC(C#N)C1CC=CCC1. The van der Waals surface area contributed by atoms with E-state index < -0.39 is 0 Å². The third-order valence-electron chi connectivity index (χ3n) is 2.91. The fourth-order valence-electron chi connectivity index (χ4n) is 2.01. The van der Waals surface area contributed by atoms with Crippen molar-refractivity contribution in [2.45, 2.75) is 45.4 Å². The predicted molar refractivity (Wildman–Crippen MR) is 55.1 cm³/mol. The third-order valence-corrected chi connectivity index (χ3v) is 2.91. The Labute approximate surface area is 81.5 Å². The van der Waals surface area contributed by atoms with Gasteiger partial charge in [0, 0.05) is 5.92 Å². The standard InChI is InChI=1S/C12H19N/c1-2-3-7-12(10-13)11-8-5-4-6-9-11/h4-5,11-12H,2-3,6-9H2,1H3. The van der Waals surface area contributed by atoms with Crippen LogP contribution >= 0.6 is 0 Å². The minimum atomic E-state index is 0.310. The van der Waals surface area contributed by atoms with Gasteiger partial charge < -0.3 is 0 Å². The summed E-state index contributed by atoms with van der Waals surface area (Å²) in [6.45, 7) is 2.19. The normalized spacial score (nSPS) is 23.8. The number of nitriles is 1. The summed E-state index contributed by atoms with van der Waals surface area (Å²) < 4.78 is 0. The molecule has 72 valence electrons. The zero-order valence-corrected chi connectivity index (χ0v) is 8.50. The van der Waals surface area contributed by atoms with Gasteiger partial charge in [-0.2, -0.15) is 5.26 Å². The van der Waals surface area contributed by atoms with Crippen LogP contribution in [0, 0.1) is 23.2 Å². The van der Waals surface area contributed by atoms with E-state index in [2.05, 4.69) is 25.1 Å². The minimum Gasteiger partial charge on any atom is -0.198 e. The summed E-state index contributed by atoms with van der Waals surface area (Å²) in [5, 5.41) is 9.03. The van der Waals surface area contributed by atoms with E-state index in [1.807, 2.05) is 0 Å². The van der Waals surface area contributed by atoms with Crippen LogP contribution in [-0.2, 0) is 0 Å². The first-order chi connectivity index (χ1) is 6.38. The Kier molecular flexibility index (Phi) is 4.60. The van der Waals surface area contributed by atoms with Crippen LogP contribution in [0.3, 0.4) is 0 Å². The van der Waals surface area contributed by atoms with Crippen molar-refractivity contribution in [2.24, 2.45) is 11.8 Å². The Morgan fingerprint density at radius 2 is 2.38 bits per heavy atom. The van der Waals surface area contributed by atoms with E-state index in [1.165, 1.54) is 25.7 Å². The molecule has 0 amide bonds. The Bertz CT molecular complexity index is 200. The lowest BCUT2D eigenvalue weighted by Crippen LogP contribution is -2.14. The molecule has 13 heavy (non-hydrogen) atoms. The van der Waals surface area contributed by atoms with E-state index in [-0.39, 0.29) is 0 Å².